The number of anilines is 1. The summed E-state index contributed by atoms with van der Waals surface area (Å²) in [7, 11) is 0. The maximum atomic E-state index is 11.6. The zero-order chi connectivity index (χ0) is 11.4. The molecule has 0 aliphatic heterocycles. The first kappa shape index (κ1) is 10.4. The van der Waals surface area contributed by atoms with E-state index in [4.69, 9.17) is 0 Å². The van der Waals surface area contributed by atoms with E-state index >= 15 is 0 Å². The lowest BCUT2D eigenvalue weighted by Crippen LogP contribution is -2.15. The Morgan fingerprint density at radius 1 is 1.38 bits per heavy atom. The number of aromatic nitrogens is 1. The van der Waals surface area contributed by atoms with Crippen molar-refractivity contribution in [3.05, 3.63) is 47.9 Å². The predicted octanol–water partition coefficient (Wildman–Crippen LogP) is 2.16. The lowest BCUT2D eigenvalue weighted by atomic mass is 10.2. The maximum Gasteiger partial charge on any atom is 0.230 e. The Labute approximate surface area is 93.3 Å². The summed E-state index contributed by atoms with van der Waals surface area (Å²) in [4.78, 5) is 11.6. The van der Waals surface area contributed by atoms with Crippen LogP contribution in [0.1, 0.15) is 11.3 Å². The molecule has 0 spiro atoms. The number of hydrogen-bond donors (Lipinski definition) is 1. The minimum absolute atomic E-state index is 0.0943. The molecule has 16 heavy (non-hydrogen) atoms. The molecule has 0 unspecified atom stereocenters. The molecule has 0 atom stereocenters. The van der Waals surface area contributed by atoms with Gasteiger partial charge in [-0.2, -0.15) is 0 Å². The molecule has 0 radical (unpaired) electrons. The molecular weight excluding hydrogens is 204 g/mol. The third kappa shape index (κ3) is 2.48. The van der Waals surface area contributed by atoms with Gasteiger partial charge in [-0.25, -0.2) is 0 Å². The zero-order valence-electron chi connectivity index (χ0n) is 8.93. The number of carbonyl (C=O) groups excluding carboxylic acids is 1. The number of benzene rings is 1. The van der Waals surface area contributed by atoms with Crippen LogP contribution in [-0.4, -0.2) is 11.1 Å². The van der Waals surface area contributed by atoms with Crippen LogP contribution >= 0.6 is 0 Å². The van der Waals surface area contributed by atoms with E-state index in [9.17, 15) is 4.79 Å². The highest BCUT2D eigenvalue weighted by molar-refractivity contribution is 5.92. The number of aryl methyl sites for hydroxylation is 1. The van der Waals surface area contributed by atoms with Gasteiger partial charge in [-0.3, -0.25) is 4.79 Å². The third-order valence-corrected chi connectivity index (χ3v) is 2.25. The number of rotatable bonds is 3. The van der Waals surface area contributed by atoms with E-state index in [2.05, 4.69) is 15.0 Å². The van der Waals surface area contributed by atoms with E-state index < -0.39 is 0 Å². The average molecular weight is 216 g/mol. The summed E-state index contributed by atoms with van der Waals surface area (Å²) in [5, 5.41) is 6.51. The van der Waals surface area contributed by atoms with Gasteiger partial charge in [0.05, 0.1) is 12.1 Å². The van der Waals surface area contributed by atoms with Crippen molar-refractivity contribution in [1.29, 1.82) is 0 Å². The van der Waals surface area contributed by atoms with E-state index in [0.29, 0.717) is 5.69 Å². The van der Waals surface area contributed by atoms with Crippen molar-refractivity contribution in [3.8, 4) is 0 Å². The van der Waals surface area contributed by atoms with E-state index in [1.54, 1.807) is 6.07 Å². The Kier molecular flexibility index (Phi) is 3.00. The van der Waals surface area contributed by atoms with Gasteiger partial charge in [-0.05, 0) is 18.6 Å². The predicted molar refractivity (Wildman–Crippen MR) is 60.0 cm³/mol. The molecule has 1 aromatic heterocycles. The molecule has 0 fully saturated rings. The number of nitrogens with one attached hydrogen (secondary N) is 1. The van der Waals surface area contributed by atoms with Gasteiger partial charge in [0, 0.05) is 11.8 Å². The standard InChI is InChI=1S/C12H12N2O2/c1-9-4-2-3-5-11(9)13-12(15)8-10-6-7-16-14-10/h2-7H,8H2,1H3,(H,13,15). The van der Waals surface area contributed by atoms with Crippen molar-refractivity contribution in [2.45, 2.75) is 13.3 Å². The fraction of sp³-hybridized carbons (Fsp3) is 0.167. The summed E-state index contributed by atoms with van der Waals surface area (Å²) in [6.45, 7) is 1.95. The normalized spacial score (nSPS) is 10.1. The first-order valence-corrected chi connectivity index (χ1v) is 5.00. The molecule has 1 amide bonds. The quantitative estimate of drug-likeness (QED) is 0.855. The number of nitrogens with zero attached hydrogens (tertiary/aromatic N) is 1. The second-order valence-corrected chi connectivity index (χ2v) is 3.53. The Hall–Kier alpha value is -2.10. The monoisotopic (exact) mass is 216 g/mol. The summed E-state index contributed by atoms with van der Waals surface area (Å²) in [6, 6.07) is 9.32. The van der Waals surface area contributed by atoms with Crippen LogP contribution in [-0.2, 0) is 11.2 Å². The van der Waals surface area contributed by atoms with Crippen molar-refractivity contribution in [1.82, 2.24) is 5.16 Å². The maximum absolute atomic E-state index is 11.6. The number of amides is 1. The SMILES string of the molecule is Cc1ccccc1NC(=O)Cc1ccon1. The fourth-order valence-corrected chi connectivity index (χ4v) is 1.40. The van der Waals surface area contributed by atoms with Gasteiger partial charge < -0.3 is 9.84 Å². The summed E-state index contributed by atoms with van der Waals surface area (Å²) in [5.41, 5.74) is 2.50. The minimum atomic E-state index is -0.0943. The summed E-state index contributed by atoms with van der Waals surface area (Å²) < 4.78 is 4.66. The highest BCUT2D eigenvalue weighted by Gasteiger charge is 2.07. The number of para-hydroxylation sites is 1. The Morgan fingerprint density at radius 2 is 2.19 bits per heavy atom. The zero-order valence-corrected chi connectivity index (χ0v) is 8.93. The van der Waals surface area contributed by atoms with Gasteiger partial charge >= 0.3 is 0 Å². The summed E-state index contributed by atoms with van der Waals surface area (Å²) >= 11 is 0. The van der Waals surface area contributed by atoms with Crippen LogP contribution < -0.4 is 5.32 Å². The molecule has 4 nitrogen and oxygen atoms in total. The molecular formula is C12H12N2O2. The van der Waals surface area contributed by atoms with Crippen LogP contribution in [0.5, 0.6) is 0 Å². The topological polar surface area (TPSA) is 55.1 Å². The molecule has 0 aliphatic carbocycles. The molecule has 0 saturated carbocycles. The fourth-order valence-electron chi connectivity index (χ4n) is 1.40. The van der Waals surface area contributed by atoms with Crippen LogP contribution in [0.4, 0.5) is 5.69 Å². The van der Waals surface area contributed by atoms with Gasteiger partial charge in [-0.15, -0.1) is 0 Å². The van der Waals surface area contributed by atoms with Crippen molar-refractivity contribution < 1.29 is 9.32 Å². The molecule has 1 aromatic carbocycles. The Balaban J connectivity index is 2.00. The largest absolute Gasteiger partial charge is 0.364 e. The first-order chi connectivity index (χ1) is 7.75. The third-order valence-electron chi connectivity index (χ3n) is 2.25. The Bertz CT molecular complexity index is 478. The van der Waals surface area contributed by atoms with E-state index in [-0.39, 0.29) is 12.3 Å². The van der Waals surface area contributed by atoms with Crippen molar-refractivity contribution in [2.75, 3.05) is 5.32 Å². The molecule has 1 N–H and O–H groups in total. The summed E-state index contributed by atoms with van der Waals surface area (Å²) in [6.07, 6.45) is 1.68. The lowest BCUT2D eigenvalue weighted by Gasteiger charge is -2.06. The van der Waals surface area contributed by atoms with Gasteiger partial charge in [0.25, 0.3) is 0 Å². The molecule has 2 rings (SSSR count). The van der Waals surface area contributed by atoms with Crippen molar-refractivity contribution in [2.24, 2.45) is 0 Å². The highest BCUT2D eigenvalue weighted by atomic mass is 16.5. The van der Waals surface area contributed by atoms with Crippen LogP contribution in [0.25, 0.3) is 0 Å². The first-order valence-electron chi connectivity index (χ1n) is 5.00. The van der Waals surface area contributed by atoms with Gasteiger partial charge in [0.15, 0.2) is 0 Å². The highest BCUT2D eigenvalue weighted by Crippen LogP contribution is 2.13. The van der Waals surface area contributed by atoms with Crippen LogP contribution in [0.2, 0.25) is 0 Å². The van der Waals surface area contributed by atoms with Gasteiger partial charge in [-0.1, -0.05) is 23.4 Å². The smallest absolute Gasteiger partial charge is 0.230 e. The Morgan fingerprint density at radius 3 is 2.88 bits per heavy atom. The van der Waals surface area contributed by atoms with E-state index in [1.807, 2.05) is 31.2 Å². The van der Waals surface area contributed by atoms with Crippen LogP contribution in [0, 0.1) is 6.92 Å². The molecule has 0 aliphatic rings. The number of carbonyl (C=O) groups is 1. The molecule has 4 heteroatoms. The van der Waals surface area contributed by atoms with Crippen LogP contribution in [0.3, 0.4) is 0 Å². The minimum Gasteiger partial charge on any atom is -0.364 e. The van der Waals surface area contributed by atoms with Crippen LogP contribution in [0.15, 0.2) is 41.1 Å². The number of hydrogen-bond acceptors (Lipinski definition) is 3. The van der Waals surface area contributed by atoms with E-state index in [1.165, 1.54) is 6.26 Å². The van der Waals surface area contributed by atoms with Crippen molar-refractivity contribution >= 4 is 11.6 Å². The second kappa shape index (κ2) is 4.61. The van der Waals surface area contributed by atoms with Crippen molar-refractivity contribution in [3.63, 3.8) is 0 Å². The second-order valence-electron chi connectivity index (χ2n) is 3.53. The molecule has 0 saturated heterocycles. The van der Waals surface area contributed by atoms with Gasteiger partial charge in [0.1, 0.15) is 6.26 Å². The lowest BCUT2D eigenvalue weighted by molar-refractivity contribution is -0.115. The molecule has 82 valence electrons. The van der Waals surface area contributed by atoms with Gasteiger partial charge in [0.2, 0.25) is 5.91 Å². The molecule has 0 bridgehead atoms. The molecule has 2 aromatic rings. The van der Waals surface area contributed by atoms with E-state index in [0.717, 1.165) is 11.3 Å². The summed E-state index contributed by atoms with van der Waals surface area (Å²) in [5.74, 6) is -0.0943. The average Bonchev–Trinajstić information content (AvgIpc) is 2.74. The molecule has 1 heterocycles.